The zero-order chi connectivity index (χ0) is 18.1. The van der Waals surface area contributed by atoms with Crippen LogP contribution in [-0.2, 0) is 4.74 Å². The summed E-state index contributed by atoms with van der Waals surface area (Å²) in [5, 5.41) is 7.06. The number of H-pyrrole nitrogens is 1. The average molecular weight is 350 g/mol. The summed E-state index contributed by atoms with van der Waals surface area (Å²) in [5.41, 5.74) is 3.66. The van der Waals surface area contributed by atoms with Crippen LogP contribution in [0.5, 0.6) is 0 Å². The molecule has 0 bridgehead atoms. The van der Waals surface area contributed by atoms with Gasteiger partial charge in [0.2, 0.25) is 0 Å². The van der Waals surface area contributed by atoms with Crippen molar-refractivity contribution in [3.05, 3.63) is 66.5 Å². The van der Waals surface area contributed by atoms with Crippen molar-refractivity contribution in [2.24, 2.45) is 0 Å². The van der Waals surface area contributed by atoms with Gasteiger partial charge in [0.05, 0.1) is 6.61 Å². The van der Waals surface area contributed by atoms with Crippen LogP contribution in [0.4, 0.5) is 4.39 Å². The molecule has 0 fully saturated rings. The molecule has 1 aromatic carbocycles. The number of rotatable bonds is 4. The lowest BCUT2D eigenvalue weighted by Crippen LogP contribution is -2.07. The Morgan fingerprint density at radius 3 is 2.73 bits per heavy atom. The average Bonchev–Trinajstić information content (AvgIpc) is 3.28. The summed E-state index contributed by atoms with van der Waals surface area (Å²) in [5.74, 6) is -0.828. The van der Waals surface area contributed by atoms with Crippen LogP contribution in [-0.4, -0.2) is 32.2 Å². The van der Waals surface area contributed by atoms with Crippen LogP contribution in [0.25, 0.3) is 28.0 Å². The third-order valence-electron chi connectivity index (χ3n) is 4.04. The highest BCUT2D eigenvalue weighted by molar-refractivity contribution is 5.99. The van der Waals surface area contributed by atoms with Gasteiger partial charge in [-0.3, -0.25) is 5.10 Å². The topological polar surface area (TPSA) is 72.3 Å². The fraction of sp³-hybridized carbons (Fsp3) is 0.105. The number of carbonyl (C=O) groups excluding carboxylic acids is 1. The van der Waals surface area contributed by atoms with Gasteiger partial charge in [-0.25, -0.2) is 14.2 Å². The predicted molar refractivity (Wildman–Crippen MR) is 94.1 cm³/mol. The van der Waals surface area contributed by atoms with E-state index in [1.807, 2.05) is 28.9 Å². The lowest BCUT2D eigenvalue weighted by Gasteiger charge is -2.07. The number of hydrogen-bond donors (Lipinski definition) is 1. The molecule has 7 heteroatoms. The minimum absolute atomic E-state index is 0.254. The number of nitrogens with zero attached hydrogens (tertiary/aromatic N) is 3. The van der Waals surface area contributed by atoms with Gasteiger partial charge >= 0.3 is 5.97 Å². The summed E-state index contributed by atoms with van der Waals surface area (Å²) in [6.07, 6.45) is 5.38. The fourth-order valence-electron chi connectivity index (χ4n) is 2.86. The number of esters is 1. The number of halogens is 1. The first-order valence-electron chi connectivity index (χ1n) is 8.12. The second-order valence-corrected chi connectivity index (χ2v) is 5.66. The molecular weight excluding hydrogens is 335 g/mol. The Balaban J connectivity index is 1.92. The van der Waals surface area contributed by atoms with E-state index in [-0.39, 0.29) is 18.1 Å². The van der Waals surface area contributed by atoms with Crippen LogP contribution in [0.2, 0.25) is 0 Å². The third kappa shape index (κ3) is 2.73. The van der Waals surface area contributed by atoms with Crippen molar-refractivity contribution in [3.8, 4) is 22.4 Å². The van der Waals surface area contributed by atoms with Crippen molar-refractivity contribution in [2.45, 2.75) is 6.92 Å². The predicted octanol–water partition coefficient (Wildman–Crippen LogP) is 3.71. The number of pyridine rings is 1. The van der Waals surface area contributed by atoms with E-state index in [1.165, 1.54) is 12.1 Å². The molecule has 0 aliphatic rings. The molecule has 0 saturated carbocycles. The number of carbonyl (C=O) groups is 1. The maximum atomic E-state index is 13.3. The molecule has 26 heavy (non-hydrogen) atoms. The maximum Gasteiger partial charge on any atom is 0.357 e. The summed E-state index contributed by atoms with van der Waals surface area (Å²) < 4.78 is 20.3. The third-order valence-corrected chi connectivity index (χ3v) is 4.04. The second kappa shape index (κ2) is 6.44. The largest absolute Gasteiger partial charge is 0.461 e. The highest BCUT2D eigenvalue weighted by atomic mass is 19.1. The van der Waals surface area contributed by atoms with Crippen LogP contribution < -0.4 is 0 Å². The Labute approximate surface area is 148 Å². The van der Waals surface area contributed by atoms with Crippen LogP contribution in [0.3, 0.4) is 0 Å². The summed E-state index contributed by atoms with van der Waals surface area (Å²) in [6.45, 7) is 2.00. The Morgan fingerprint density at radius 2 is 1.96 bits per heavy atom. The van der Waals surface area contributed by atoms with E-state index >= 15 is 0 Å². The molecule has 4 rings (SSSR count). The summed E-state index contributed by atoms with van der Waals surface area (Å²) in [7, 11) is 0. The van der Waals surface area contributed by atoms with E-state index in [0.29, 0.717) is 16.8 Å². The first-order chi connectivity index (χ1) is 12.7. The summed E-state index contributed by atoms with van der Waals surface area (Å²) in [4.78, 5) is 16.6. The molecular formula is C19H15FN4O2. The minimum Gasteiger partial charge on any atom is -0.461 e. The van der Waals surface area contributed by atoms with Crippen molar-refractivity contribution in [1.82, 2.24) is 19.6 Å². The molecule has 0 unspecified atom stereocenters. The van der Waals surface area contributed by atoms with Gasteiger partial charge in [0.1, 0.15) is 17.2 Å². The Bertz CT molecular complexity index is 1080. The lowest BCUT2D eigenvalue weighted by molar-refractivity contribution is 0.0520. The quantitative estimate of drug-likeness (QED) is 0.570. The van der Waals surface area contributed by atoms with Gasteiger partial charge in [-0.15, -0.1) is 0 Å². The van der Waals surface area contributed by atoms with E-state index in [0.717, 1.165) is 11.2 Å². The summed E-state index contributed by atoms with van der Waals surface area (Å²) >= 11 is 0. The minimum atomic E-state index is -0.492. The van der Waals surface area contributed by atoms with Crippen molar-refractivity contribution in [2.75, 3.05) is 6.61 Å². The molecule has 4 aromatic rings. The molecule has 3 aromatic heterocycles. The Kier molecular flexibility index (Phi) is 3.96. The van der Waals surface area contributed by atoms with Crippen LogP contribution in [0.15, 0.2) is 55.0 Å². The second-order valence-electron chi connectivity index (χ2n) is 5.66. The first kappa shape index (κ1) is 16.0. The number of nitrogens with one attached hydrogen (secondary N) is 1. The number of aromatic nitrogens is 4. The molecule has 0 aliphatic carbocycles. The van der Waals surface area contributed by atoms with Crippen molar-refractivity contribution in [1.29, 1.82) is 0 Å². The molecule has 0 amide bonds. The maximum absolute atomic E-state index is 13.3. The number of hydrogen-bond acceptors (Lipinski definition) is 4. The number of ether oxygens (including phenoxy) is 1. The van der Waals surface area contributed by atoms with E-state index in [2.05, 4.69) is 15.2 Å². The van der Waals surface area contributed by atoms with Crippen molar-refractivity contribution < 1.29 is 13.9 Å². The SMILES string of the molecule is CCOC(=O)c1[nH]nc(-c2ccc(F)cc2)c1-c1ccc2nccn2c1. The molecule has 0 aliphatic heterocycles. The van der Waals surface area contributed by atoms with Gasteiger partial charge in [-0.05, 0) is 43.3 Å². The highest BCUT2D eigenvalue weighted by Gasteiger charge is 2.23. The van der Waals surface area contributed by atoms with E-state index in [4.69, 9.17) is 4.74 Å². The number of benzene rings is 1. The fourth-order valence-corrected chi connectivity index (χ4v) is 2.86. The first-order valence-corrected chi connectivity index (χ1v) is 8.12. The Morgan fingerprint density at radius 1 is 1.19 bits per heavy atom. The smallest absolute Gasteiger partial charge is 0.357 e. The van der Waals surface area contributed by atoms with Gasteiger partial charge in [-0.2, -0.15) is 5.10 Å². The van der Waals surface area contributed by atoms with Crippen LogP contribution >= 0.6 is 0 Å². The Hall–Kier alpha value is -3.48. The van der Waals surface area contributed by atoms with E-state index in [1.54, 1.807) is 25.3 Å². The molecule has 0 saturated heterocycles. The van der Waals surface area contributed by atoms with Crippen LogP contribution in [0, 0.1) is 5.82 Å². The van der Waals surface area contributed by atoms with Gasteiger partial charge in [0, 0.05) is 35.3 Å². The molecule has 0 spiro atoms. The van der Waals surface area contributed by atoms with Crippen molar-refractivity contribution in [3.63, 3.8) is 0 Å². The van der Waals surface area contributed by atoms with Crippen LogP contribution in [0.1, 0.15) is 17.4 Å². The number of imidazole rings is 1. The highest BCUT2D eigenvalue weighted by Crippen LogP contribution is 2.34. The molecule has 6 nitrogen and oxygen atoms in total. The van der Waals surface area contributed by atoms with Gasteiger partial charge in [0.15, 0.2) is 5.69 Å². The number of fused-ring (bicyclic) bond motifs is 1. The standard InChI is InChI=1S/C19H15FN4O2/c1-2-26-19(25)18-16(13-5-8-15-21-9-10-24(15)11-13)17(22-23-18)12-3-6-14(20)7-4-12/h3-11H,2H2,1H3,(H,22,23). The molecule has 1 N–H and O–H groups in total. The monoisotopic (exact) mass is 350 g/mol. The molecule has 0 radical (unpaired) electrons. The van der Waals surface area contributed by atoms with E-state index in [9.17, 15) is 9.18 Å². The normalized spacial score (nSPS) is 11.0. The zero-order valence-electron chi connectivity index (χ0n) is 13.9. The summed E-state index contributed by atoms with van der Waals surface area (Å²) in [6, 6.07) is 9.68. The lowest BCUT2D eigenvalue weighted by atomic mass is 10.00. The zero-order valence-corrected chi connectivity index (χ0v) is 13.9. The van der Waals surface area contributed by atoms with Crippen molar-refractivity contribution >= 4 is 11.6 Å². The number of aromatic amines is 1. The van der Waals surface area contributed by atoms with Gasteiger partial charge in [0.25, 0.3) is 0 Å². The molecule has 3 heterocycles. The molecule has 130 valence electrons. The van der Waals surface area contributed by atoms with Gasteiger partial charge in [-0.1, -0.05) is 0 Å². The molecule has 0 atom stereocenters. The van der Waals surface area contributed by atoms with E-state index < -0.39 is 5.97 Å². The van der Waals surface area contributed by atoms with Gasteiger partial charge < -0.3 is 9.14 Å².